The Bertz CT molecular complexity index is 429. The maximum atomic E-state index is 12.9. The first kappa shape index (κ1) is 15.3. The number of aliphatic hydroxyl groups excluding tert-OH is 1. The Morgan fingerprint density at radius 2 is 2.16 bits per heavy atom. The van der Waals surface area contributed by atoms with Crippen molar-refractivity contribution in [3.05, 3.63) is 29.8 Å². The molecule has 1 rings (SSSR count). The number of rotatable bonds is 6. The lowest BCUT2D eigenvalue weighted by molar-refractivity contribution is 0.0599. The molecule has 0 saturated heterocycles. The molecule has 5 nitrogen and oxygen atoms in total. The molecule has 1 aromatic rings. The standard InChI is InChI=1S/C12H16F2N2O3/c1-19-7-9(17)4-5-15-12(18)16-8-2-3-10(13)11(14)6-8/h2-3,6,9,17H,4-5,7H2,1H3,(H2,15,16,18). The van der Waals surface area contributed by atoms with E-state index in [4.69, 9.17) is 4.74 Å². The number of carbonyl (C=O) groups is 1. The normalized spacial score (nSPS) is 12.0. The number of urea groups is 1. The zero-order valence-electron chi connectivity index (χ0n) is 10.5. The van der Waals surface area contributed by atoms with Gasteiger partial charge in [0.25, 0.3) is 0 Å². The van der Waals surface area contributed by atoms with Gasteiger partial charge in [-0.25, -0.2) is 13.6 Å². The Morgan fingerprint density at radius 3 is 2.79 bits per heavy atom. The monoisotopic (exact) mass is 274 g/mol. The summed E-state index contributed by atoms with van der Waals surface area (Å²) in [6, 6.07) is 2.50. The number of halogens is 2. The minimum absolute atomic E-state index is 0.147. The molecular formula is C12H16F2N2O3. The van der Waals surface area contributed by atoms with Crippen LogP contribution in [0.3, 0.4) is 0 Å². The van der Waals surface area contributed by atoms with E-state index in [0.717, 1.165) is 12.1 Å². The third-order valence-electron chi connectivity index (χ3n) is 2.30. The quantitative estimate of drug-likeness (QED) is 0.736. The Morgan fingerprint density at radius 1 is 1.42 bits per heavy atom. The van der Waals surface area contributed by atoms with Crippen LogP contribution < -0.4 is 10.6 Å². The van der Waals surface area contributed by atoms with Gasteiger partial charge < -0.3 is 20.5 Å². The van der Waals surface area contributed by atoms with Crippen molar-refractivity contribution in [1.29, 1.82) is 0 Å². The van der Waals surface area contributed by atoms with E-state index >= 15 is 0 Å². The van der Waals surface area contributed by atoms with Crippen molar-refractivity contribution in [2.75, 3.05) is 25.6 Å². The van der Waals surface area contributed by atoms with Crippen LogP contribution in [0.25, 0.3) is 0 Å². The third kappa shape index (κ3) is 5.62. The summed E-state index contributed by atoms with van der Waals surface area (Å²) in [6.45, 7) is 0.423. The molecule has 0 saturated carbocycles. The molecule has 0 heterocycles. The van der Waals surface area contributed by atoms with Gasteiger partial charge in [0.15, 0.2) is 11.6 Å². The van der Waals surface area contributed by atoms with Crippen LogP contribution in [-0.4, -0.2) is 37.5 Å². The molecule has 1 atom stereocenters. The van der Waals surface area contributed by atoms with Gasteiger partial charge in [0.1, 0.15) is 0 Å². The van der Waals surface area contributed by atoms with E-state index in [1.165, 1.54) is 13.2 Å². The minimum atomic E-state index is -1.03. The predicted octanol–water partition coefficient (Wildman–Crippen LogP) is 1.48. The number of hydrogen-bond donors (Lipinski definition) is 3. The molecule has 7 heteroatoms. The Balaban J connectivity index is 2.33. The van der Waals surface area contributed by atoms with Crippen molar-refractivity contribution in [3.63, 3.8) is 0 Å². The van der Waals surface area contributed by atoms with E-state index in [1.54, 1.807) is 0 Å². The van der Waals surface area contributed by atoms with Crippen LogP contribution in [-0.2, 0) is 4.74 Å². The summed E-state index contributed by atoms with van der Waals surface area (Å²) in [6.07, 6.45) is -0.326. The summed E-state index contributed by atoms with van der Waals surface area (Å²) in [7, 11) is 1.46. The zero-order valence-corrected chi connectivity index (χ0v) is 10.5. The fraction of sp³-hybridized carbons (Fsp3) is 0.417. The van der Waals surface area contributed by atoms with Gasteiger partial charge in [-0.2, -0.15) is 0 Å². The number of hydrogen-bond acceptors (Lipinski definition) is 3. The molecule has 19 heavy (non-hydrogen) atoms. The number of anilines is 1. The molecule has 0 spiro atoms. The van der Waals surface area contributed by atoms with E-state index < -0.39 is 23.8 Å². The fourth-order valence-electron chi connectivity index (χ4n) is 1.38. The maximum Gasteiger partial charge on any atom is 0.319 e. The fourth-order valence-corrected chi connectivity index (χ4v) is 1.38. The second-order valence-corrected chi connectivity index (χ2v) is 3.91. The van der Waals surface area contributed by atoms with Gasteiger partial charge in [0.2, 0.25) is 0 Å². The summed E-state index contributed by atoms with van der Waals surface area (Å²) >= 11 is 0. The van der Waals surface area contributed by atoms with Gasteiger partial charge in [0, 0.05) is 25.4 Å². The highest BCUT2D eigenvalue weighted by Crippen LogP contribution is 2.12. The lowest BCUT2D eigenvalue weighted by Gasteiger charge is -2.11. The topological polar surface area (TPSA) is 70.6 Å². The van der Waals surface area contributed by atoms with Crippen molar-refractivity contribution >= 4 is 11.7 Å². The van der Waals surface area contributed by atoms with E-state index in [1.807, 2.05) is 0 Å². The van der Waals surface area contributed by atoms with Gasteiger partial charge in [-0.05, 0) is 18.6 Å². The summed E-state index contributed by atoms with van der Waals surface area (Å²) in [5.74, 6) is -2.01. The average Bonchev–Trinajstić information content (AvgIpc) is 2.34. The molecule has 0 aliphatic rings. The molecule has 0 aromatic heterocycles. The van der Waals surface area contributed by atoms with Gasteiger partial charge in [-0.3, -0.25) is 0 Å². The second kappa shape index (κ2) is 7.65. The van der Waals surface area contributed by atoms with E-state index in [0.29, 0.717) is 6.42 Å². The lowest BCUT2D eigenvalue weighted by Crippen LogP contribution is -2.32. The smallest absolute Gasteiger partial charge is 0.319 e. The first-order valence-electron chi connectivity index (χ1n) is 5.70. The van der Waals surface area contributed by atoms with Crippen LogP contribution in [0, 0.1) is 11.6 Å². The lowest BCUT2D eigenvalue weighted by atomic mass is 10.2. The molecule has 0 fully saturated rings. The highest BCUT2D eigenvalue weighted by Gasteiger charge is 2.07. The molecular weight excluding hydrogens is 258 g/mol. The summed E-state index contributed by atoms with van der Waals surface area (Å²) in [4.78, 5) is 11.4. The molecule has 1 unspecified atom stereocenters. The number of ether oxygens (including phenoxy) is 1. The number of aliphatic hydroxyl groups is 1. The predicted molar refractivity (Wildman–Crippen MR) is 65.9 cm³/mol. The third-order valence-corrected chi connectivity index (χ3v) is 2.30. The van der Waals surface area contributed by atoms with Crippen molar-refractivity contribution in [3.8, 4) is 0 Å². The number of benzene rings is 1. The van der Waals surface area contributed by atoms with Gasteiger partial charge in [-0.1, -0.05) is 0 Å². The van der Waals surface area contributed by atoms with Crippen LogP contribution in [0.4, 0.5) is 19.3 Å². The average molecular weight is 274 g/mol. The molecule has 0 aliphatic heterocycles. The first-order valence-corrected chi connectivity index (χ1v) is 5.70. The first-order chi connectivity index (χ1) is 9.02. The number of methoxy groups -OCH3 is 1. The van der Waals surface area contributed by atoms with E-state index in [2.05, 4.69) is 10.6 Å². The SMILES string of the molecule is COCC(O)CCNC(=O)Nc1ccc(F)c(F)c1. The van der Waals surface area contributed by atoms with Crippen molar-refractivity contribution in [2.24, 2.45) is 0 Å². The largest absolute Gasteiger partial charge is 0.391 e. The van der Waals surface area contributed by atoms with Gasteiger partial charge in [0.05, 0.1) is 12.7 Å². The van der Waals surface area contributed by atoms with Gasteiger partial charge >= 0.3 is 6.03 Å². The number of amides is 2. The molecule has 106 valence electrons. The van der Waals surface area contributed by atoms with E-state index in [-0.39, 0.29) is 18.8 Å². The van der Waals surface area contributed by atoms with Crippen LogP contribution in [0.5, 0.6) is 0 Å². The molecule has 3 N–H and O–H groups in total. The van der Waals surface area contributed by atoms with Crippen LogP contribution in [0.2, 0.25) is 0 Å². The summed E-state index contributed by atoms with van der Waals surface area (Å²) < 4.78 is 30.3. The van der Waals surface area contributed by atoms with E-state index in [9.17, 15) is 18.7 Å². The Labute approximate surface area is 109 Å². The van der Waals surface area contributed by atoms with Crippen molar-refractivity contribution < 1.29 is 23.4 Å². The van der Waals surface area contributed by atoms with Crippen LogP contribution >= 0.6 is 0 Å². The summed E-state index contributed by atoms with van der Waals surface area (Å²) in [5.41, 5.74) is 0.147. The molecule has 0 radical (unpaired) electrons. The second-order valence-electron chi connectivity index (χ2n) is 3.91. The van der Waals surface area contributed by atoms with Crippen molar-refractivity contribution in [1.82, 2.24) is 5.32 Å². The molecule has 0 bridgehead atoms. The highest BCUT2D eigenvalue weighted by molar-refractivity contribution is 5.89. The summed E-state index contributed by atoms with van der Waals surface area (Å²) in [5, 5.41) is 14.1. The number of carbonyl (C=O) groups excluding carboxylic acids is 1. The van der Waals surface area contributed by atoms with Gasteiger partial charge in [-0.15, -0.1) is 0 Å². The van der Waals surface area contributed by atoms with Crippen LogP contribution in [0.15, 0.2) is 18.2 Å². The Hall–Kier alpha value is -1.73. The number of nitrogens with one attached hydrogen (secondary N) is 2. The Kier molecular flexibility index (Phi) is 6.17. The zero-order chi connectivity index (χ0) is 14.3. The maximum absolute atomic E-state index is 12.9. The molecule has 1 aromatic carbocycles. The minimum Gasteiger partial charge on any atom is -0.391 e. The van der Waals surface area contributed by atoms with Crippen molar-refractivity contribution in [2.45, 2.75) is 12.5 Å². The highest BCUT2D eigenvalue weighted by atomic mass is 19.2. The molecule has 0 aliphatic carbocycles. The molecule has 2 amide bonds. The van der Waals surface area contributed by atoms with Crippen LogP contribution in [0.1, 0.15) is 6.42 Å².